The number of hydrogen-bond donors (Lipinski definition) is 1. The number of rotatable bonds is 4. The van der Waals surface area contributed by atoms with Crippen LogP contribution in [-0.4, -0.2) is 11.5 Å². The third-order valence-electron chi connectivity index (χ3n) is 2.86. The fraction of sp³-hybridized carbons (Fsp3) is 0.267. The molecule has 88 valence electrons. The molecule has 2 rings (SSSR count). The molecule has 0 aliphatic carbocycles. The molecule has 17 heavy (non-hydrogen) atoms. The van der Waals surface area contributed by atoms with Crippen molar-refractivity contribution in [3.05, 3.63) is 53.9 Å². The first kappa shape index (κ1) is 11.8. The summed E-state index contributed by atoms with van der Waals surface area (Å²) in [6.07, 6.45) is 3.67. The zero-order valence-corrected chi connectivity index (χ0v) is 10.4. The molecule has 2 nitrogen and oxygen atoms in total. The fourth-order valence-corrected chi connectivity index (χ4v) is 1.96. The minimum absolute atomic E-state index is 0.938. The lowest BCUT2D eigenvalue weighted by Crippen LogP contribution is -2.11. The standard InChI is InChI=1S/C15H18N2/c1-3-16-11-13-4-5-15(12(2)10-13)14-6-8-17-9-7-14/h4-10,16H,3,11H2,1-2H3. The molecule has 0 spiro atoms. The maximum atomic E-state index is 4.05. The predicted octanol–water partition coefficient (Wildman–Crippen LogP) is 3.17. The van der Waals surface area contributed by atoms with Gasteiger partial charge in [-0.05, 0) is 47.9 Å². The summed E-state index contributed by atoms with van der Waals surface area (Å²) < 4.78 is 0. The summed E-state index contributed by atoms with van der Waals surface area (Å²) in [4.78, 5) is 4.05. The van der Waals surface area contributed by atoms with Gasteiger partial charge in [0, 0.05) is 18.9 Å². The van der Waals surface area contributed by atoms with Crippen molar-refractivity contribution >= 4 is 0 Å². The van der Waals surface area contributed by atoms with E-state index in [-0.39, 0.29) is 0 Å². The minimum atomic E-state index is 0.938. The molecule has 1 N–H and O–H groups in total. The smallest absolute Gasteiger partial charge is 0.0273 e. The largest absolute Gasteiger partial charge is 0.313 e. The quantitative estimate of drug-likeness (QED) is 0.866. The van der Waals surface area contributed by atoms with E-state index in [0.717, 1.165) is 13.1 Å². The van der Waals surface area contributed by atoms with Gasteiger partial charge in [-0.3, -0.25) is 4.98 Å². The predicted molar refractivity (Wildman–Crippen MR) is 71.8 cm³/mol. The van der Waals surface area contributed by atoms with Crippen LogP contribution in [0, 0.1) is 6.92 Å². The Morgan fingerprint density at radius 3 is 2.53 bits per heavy atom. The number of pyridine rings is 1. The molecule has 0 atom stereocenters. The molecule has 1 aromatic carbocycles. The Morgan fingerprint density at radius 1 is 1.12 bits per heavy atom. The SMILES string of the molecule is CCNCc1ccc(-c2ccncc2)c(C)c1. The highest BCUT2D eigenvalue weighted by Gasteiger charge is 2.02. The van der Waals surface area contributed by atoms with Crippen molar-refractivity contribution in [1.29, 1.82) is 0 Å². The molecular formula is C15H18N2. The van der Waals surface area contributed by atoms with Crippen molar-refractivity contribution in [2.45, 2.75) is 20.4 Å². The Labute approximate surface area is 103 Å². The number of nitrogens with zero attached hydrogens (tertiary/aromatic N) is 1. The topological polar surface area (TPSA) is 24.9 Å². The van der Waals surface area contributed by atoms with Crippen LogP contribution in [0.2, 0.25) is 0 Å². The lowest BCUT2D eigenvalue weighted by atomic mass is 9.99. The van der Waals surface area contributed by atoms with Crippen LogP contribution >= 0.6 is 0 Å². The van der Waals surface area contributed by atoms with E-state index in [1.165, 1.54) is 22.3 Å². The van der Waals surface area contributed by atoms with E-state index in [1.54, 1.807) is 0 Å². The molecule has 1 aromatic heterocycles. The maximum Gasteiger partial charge on any atom is 0.0273 e. The average molecular weight is 226 g/mol. The van der Waals surface area contributed by atoms with Gasteiger partial charge in [0.05, 0.1) is 0 Å². The Hall–Kier alpha value is -1.67. The van der Waals surface area contributed by atoms with Crippen LogP contribution in [0.5, 0.6) is 0 Å². The third kappa shape index (κ3) is 2.92. The van der Waals surface area contributed by atoms with Gasteiger partial charge in [-0.2, -0.15) is 0 Å². The second kappa shape index (κ2) is 5.60. The first-order valence-electron chi connectivity index (χ1n) is 6.02. The van der Waals surface area contributed by atoms with Crippen molar-refractivity contribution in [2.24, 2.45) is 0 Å². The molecule has 2 aromatic rings. The Balaban J connectivity index is 2.26. The normalized spacial score (nSPS) is 10.5. The third-order valence-corrected chi connectivity index (χ3v) is 2.86. The first-order chi connectivity index (χ1) is 8.31. The van der Waals surface area contributed by atoms with E-state index in [4.69, 9.17) is 0 Å². The Morgan fingerprint density at radius 2 is 1.88 bits per heavy atom. The maximum absolute atomic E-state index is 4.05. The molecule has 0 aliphatic rings. The average Bonchev–Trinajstić information content (AvgIpc) is 2.37. The summed E-state index contributed by atoms with van der Waals surface area (Å²) in [5.74, 6) is 0. The van der Waals surface area contributed by atoms with Crippen LogP contribution in [-0.2, 0) is 6.54 Å². The summed E-state index contributed by atoms with van der Waals surface area (Å²) in [6, 6.07) is 10.7. The minimum Gasteiger partial charge on any atom is -0.313 e. The van der Waals surface area contributed by atoms with Gasteiger partial charge in [-0.25, -0.2) is 0 Å². The molecule has 0 unspecified atom stereocenters. The van der Waals surface area contributed by atoms with Gasteiger partial charge in [0.25, 0.3) is 0 Å². The zero-order valence-electron chi connectivity index (χ0n) is 10.4. The summed E-state index contributed by atoms with van der Waals surface area (Å²) in [6.45, 7) is 6.22. The second-order valence-corrected chi connectivity index (χ2v) is 4.17. The molecule has 0 saturated heterocycles. The Kier molecular flexibility index (Phi) is 3.89. The fourth-order valence-electron chi connectivity index (χ4n) is 1.96. The van der Waals surface area contributed by atoms with Crippen LogP contribution in [0.15, 0.2) is 42.7 Å². The zero-order chi connectivity index (χ0) is 12.1. The van der Waals surface area contributed by atoms with Gasteiger partial charge in [-0.15, -0.1) is 0 Å². The van der Waals surface area contributed by atoms with Crippen LogP contribution in [0.4, 0.5) is 0 Å². The van der Waals surface area contributed by atoms with E-state index < -0.39 is 0 Å². The highest BCUT2D eigenvalue weighted by atomic mass is 14.8. The lowest BCUT2D eigenvalue weighted by molar-refractivity contribution is 0.726. The van der Waals surface area contributed by atoms with E-state index in [0.29, 0.717) is 0 Å². The van der Waals surface area contributed by atoms with Crippen molar-refractivity contribution in [1.82, 2.24) is 10.3 Å². The number of nitrogens with one attached hydrogen (secondary N) is 1. The number of aryl methyl sites for hydroxylation is 1. The van der Waals surface area contributed by atoms with Gasteiger partial charge in [0.15, 0.2) is 0 Å². The van der Waals surface area contributed by atoms with Crippen LogP contribution in [0.1, 0.15) is 18.1 Å². The van der Waals surface area contributed by atoms with Crippen molar-refractivity contribution in [2.75, 3.05) is 6.54 Å². The number of hydrogen-bond acceptors (Lipinski definition) is 2. The van der Waals surface area contributed by atoms with Crippen molar-refractivity contribution < 1.29 is 0 Å². The van der Waals surface area contributed by atoms with Crippen LogP contribution in [0.3, 0.4) is 0 Å². The lowest BCUT2D eigenvalue weighted by Gasteiger charge is -2.09. The van der Waals surface area contributed by atoms with E-state index in [2.05, 4.69) is 42.3 Å². The number of benzene rings is 1. The van der Waals surface area contributed by atoms with E-state index in [1.807, 2.05) is 24.5 Å². The van der Waals surface area contributed by atoms with Gasteiger partial charge in [-0.1, -0.05) is 25.1 Å². The molecule has 2 heteroatoms. The molecule has 0 saturated carbocycles. The highest BCUT2D eigenvalue weighted by molar-refractivity contribution is 5.66. The molecule has 0 radical (unpaired) electrons. The second-order valence-electron chi connectivity index (χ2n) is 4.17. The molecule has 0 amide bonds. The van der Waals surface area contributed by atoms with Gasteiger partial charge >= 0.3 is 0 Å². The first-order valence-corrected chi connectivity index (χ1v) is 6.02. The van der Waals surface area contributed by atoms with Crippen molar-refractivity contribution in [3.63, 3.8) is 0 Å². The summed E-state index contributed by atoms with van der Waals surface area (Å²) in [7, 11) is 0. The van der Waals surface area contributed by atoms with Crippen molar-refractivity contribution in [3.8, 4) is 11.1 Å². The monoisotopic (exact) mass is 226 g/mol. The summed E-state index contributed by atoms with van der Waals surface area (Å²) >= 11 is 0. The summed E-state index contributed by atoms with van der Waals surface area (Å²) in [5.41, 5.74) is 5.16. The molecule has 0 fully saturated rings. The summed E-state index contributed by atoms with van der Waals surface area (Å²) in [5, 5.41) is 3.34. The van der Waals surface area contributed by atoms with E-state index in [9.17, 15) is 0 Å². The van der Waals surface area contributed by atoms with Crippen LogP contribution in [0.25, 0.3) is 11.1 Å². The molecular weight excluding hydrogens is 208 g/mol. The van der Waals surface area contributed by atoms with Gasteiger partial charge in [0.1, 0.15) is 0 Å². The highest BCUT2D eigenvalue weighted by Crippen LogP contribution is 2.23. The van der Waals surface area contributed by atoms with E-state index >= 15 is 0 Å². The molecule has 1 heterocycles. The number of aromatic nitrogens is 1. The van der Waals surface area contributed by atoms with Crippen LogP contribution < -0.4 is 5.32 Å². The molecule has 0 bridgehead atoms. The Bertz CT molecular complexity index is 478. The van der Waals surface area contributed by atoms with Gasteiger partial charge in [0.2, 0.25) is 0 Å². The molecule has 0 aliphatic heterocycles. The van der Waals surface area contributed by atoms with Gasteiger partial charge < -0.3 is 5.32 Å².